The first-order valence-electron chi connectivity index (χ1n) is 4.22. The lowest BCUT2D eigenvalue weighted by Gasteiger charge is -2.27. The van der Waals surface area contributed by atoms with Crippen LogP contribution in [0.15, 0.2) is 4.99 Å². The fourth-order valence-corrected chi connectivity index (χ4v) is 1.04. The molecule has 5 heteroatoms. The van der Waals surface area contributed by atoms with Gasteiger partial charge in [0, 0.05) is 19.6 Å². The van der Waals surface area contributed by atoms with Crippen LogP contribution >= 0.6 is 0 Å². The number of aliphatic imine (C=N–C) groups is 1. The van der Waals surface area contributed by atoms with Gasteiger partial charge < -0.3 is 10.5 Å². The minimum Gasteiger partial charge on any atom is -0.379 e. The predicted octanol–water partition coefficient (Wildman–Crippen LogP) is -0.842. The number of rotatable bonds is 2. The molecule has 0 aromatic heterocycles. The summed E-state index contributed by atoms with van der Waals surface area (Å²) in [6.45, 7) is 5.90. The smallest absolute Gasteiger partial charge is 0.203 e. The third kappa shape index (κ3) is 3.06. The summed E-state index contributed by atoms with van der Waals surface area (Å²) in [5, 5.41) is 2.01. The quantitative estimate of drug-likeness (QED) is 0.421. The molecule has 3 N–H and O–H groups in total. The fourth-order valence-electron chi connectivity index (χ4n) is 1.04. The Labute approximate surface area is 72.6 Å². The van der Waals surface area contributed by atoms with E-state index in [1.165, 1.54) is 0 Å². The van der Waals surface area contributed by atoms with Crippen LogP contribution in [-0.2, 0) is 4.74 Å². The van der Waals surface area contributed by atoms with Crippen LogP contribution in [0.1, 0.15) is 6.92 Å². The molecule has 1 fully saturated rings. The van der Waals surface area contributed by atoms with Crippen LogP contribution < -0.4 is 11.2 Å². The second-order valence-corrected chi connectivity index (χ2v) is 2.57. The predicted molar refractivity (Wildman–Crippen MR) is 47.7 cm³/mol. The van der Waals surface area contributed by atoms with Gasteiger partial charge in [-0.3, -0.25) is 10.4 Å². The molecule has 0 unspecified atom stereocenters. The minimum atomic E-state index is 0.486. The number of hydrogen-bond donors (Lipinski definition) is 2. The monoisotopic (exact) mass is 172 g/mol. The summed E-state index contributed by atoms with van der Waals surface area (Å²) in [6.07, 6.45) is 0. The summed E-state index contributed by atoms with van der Waals surface area (Å²) in [6, 6.07) is 0. The molecule has 0 saturated carbocycles. The molecule has 0 bridgehead atoms. The van der Waals surface area contributed by atoms with E-state index in [1.54, 1.807) is 0 Å². The van der Waals surface area contributed by atoms with Crippen LogP contribution in [0.3, 0.4) is 0 Å². The van der Waals surface area contributed by atoms with Gasteiger partial charge in [0.25, 0.3) is 0 Å². The maximum absolute atomic E-state index is 5.57. The molecule has 1 heterocycles. The van der Waals surface area contributed by atoms with E-state index in [2.05, 4.69) is 10.4 Å². The first-order valence-corrected chi connectivity index (χ1v) is 4.22. The Morgan fingerprint density at radius 1 is 1.58 bits per heavy atom. The van der Waals surface area contributed by atoms with E-state index in [9.17, 15) is 0 Å². The number of ether oxygens (including phenoxy) is 1. The van der Waals surface area contributed by atoms with E-state index < -0.39 is 0 Å². The molecule has 0 aromatic rings. The number of hydrazine groups is 1. The normalized spacial score (nSPS) is 20.9. The van der Waals surface area contributed by atoms with Crippen LogP contribution in [0, 0.1) is 0 Å². The zero-order chi connectivity index (χ0) is 8.81. The molecular formula is C7H16N4O. The first-order chi connectivity index (χ1) is 5.83. The molecule has 1 aliphatic heterocycles. The van der Waals surface area contributed by atoms with Gasteiger partial charge in [0.15, 0.2) is 0 Å². The van der Waals surface area contributed by atoms with E-state index in [4.69, 9.17) is 10.5 Å². The number of nitrogens with zero attached hydrogens (tertiary/aromatic N) is 2. The molecule has 1 aliphatic rings. The Balaban J connectivity index is 2.24. The SMILES string of the molecule is CCN=C(N)NN1CCOCC1. The maximum Gasteiger partial charge on any atom is 0.203 e. The lowest BCUT2D eigenvalue weighted by Crippen LogP contribution is -2.51. The van der Waals surface area contributed by atoms with Crippen molar-refractivity contribution in [3.05, 3.63) is 0 Å². The molecule has 1 rings (SSSR count). The summed E-state index contributed by atoms with van der Waals surface area (Å²) >= 11 is 0. The van der Waals surface area contributed by atoms with Crippen molar-refractivity contribution in [3.63, 3.8) is 0 Å². The van der Waals surface area contributed by atoms with Crippen LogP contribution in [0.5, 0.6) is 0 Å². The summed E-state index contributed by atoms with van der Waals surface area (Å²) in [4.78, 5) is 4.02. The summed E-state index contributed by atoms with van der Waals surface area (Å²) in [5.41, 5.74) is 8.57. The Kier molecular flexibility index (Phi) is 3.83. The zero-order valence-electron chi connectivity index (χ0n) is 7.42. The minimum absolute atomic E-state index is 0.486. The van der Waals surface area contributed by atoms with Gasteiger partial charge in [0.05, 0.1) is 13.2 Å². The molecule has 0 amide bonds. The average Bonchev–Trinajstić information content (AvgIpc) is 2.06. The zero-order valence-corrected chi connectivity index (χ0v) is 7.42. The number of nitrogens with one attached hydrogen (secondary N) is 1. The fraction of sp³-hybridized carbons (Fsp3) is 0.857. The number of morpholine rings is 1. The first kappa shape index (κ1) is 9.28. The molecule has 0 aromatic carbocycles. The van der Waals surface area contributed by atoms with Gasteiger partial charge in [0.2, 0.25) is 5.96 Å². The molecule has 0 spiro atoms. The molecule has 12 heavy (non-hydrogen) atoms. The van der Waals surface area contributed by atoms with E-state index in [1.807, 2.05) is 11.9 Å². The van der Waals surface area contributed by atoms with E-state index in [0.717, 1.165) is 26.3 Å². The number of nitrogens with two attached hydrogens (primary N) is 1. The van der Waals surface area contributed by atoms with E-state index in [-0.39, 0.29) is 0 Å². The largest absolute Gasteiger partial charge is 0.379 e. The summed E-state index contributed by atoms with van der Waals surface area (Å²) < 4.78 is 5.18. The van der Waals surface area contributed by atoms with Crippen molar-refractivity contribution in [1.29, 1.82) is 0 Å². The highest BCUT2D eigenvalue weighted by molar-refractivity contribution is 5.77. The Hall–Kier alpha value is -0.810. The van der Waals surface area contributed by atoms with Gasteiger partial charge in [-0.25, -0.2) is 5.01 Å². The van der Waals surface area contributed by atoms with Crippen LogP contribution in [0.2, 0.25) is 0 Å². The van der Waals surface area contributed by atoms with Crippen LogP contribution in [-0.4, -0.2) is 43.8 Å². The van der Waals surface area contributed by atoms with Gasteiger partial charge >= 0.3 is 0 Å². The highest BCUT2D eigenvalue weighted by Gasteiger charge is 2.09. The van der Waals surface area contributed by atoms with Crippen molar-refractivity contribution in [2.75, 3.05) is 32.8 Å². The Bertz CT molecular complexity index is 153. The summed E-state index contributed by atoms with van der Waals surface area (Å²) in [7, 11) is 0. The van der Waals surface area contributed by atoms with Crippen molar-refractivity contribution < 1.29 is 4.74 Å². The average molecular weight is 172 g/mol. The van der Waals surface area contributed by atoms with Crippen molar-refractivity contribution in [3.8, 4) is 0 Å². The Morgan fingerprint density at radius 3 is 2.83 bits per heavy atom. The standard InChI is InChI=1S/C7H16N4O/c1-2-9-7(8)10-11-3-5-12-6-4-11/h2-6H2,1H3,(H3,8,9,10). The summed E-state index contributed by atoms with van der Waals surface area (Å²) in [5.74, 6) is 0.486. The van der Waals surface area contributed by atoms with Gasteiger partial charge in [-0.05, 0) is 6.92 Å². The highest BCUT2D eigenvalue weighted by atomic mass is 16.5. The third-order valence-electron chi connectivity index (χ3n) is 1.61. The van der Waals surface area contributed by atoms with Crippen LogP contribution in [0.4, 0.5) is 0 Å². The Morgan fingerprint density at radius 2 is 2.25 bits per heavy atom. The maximum atomic E-state index is 5.57. The van der Waals surface area contributed by atoms with Gasteiger partial charge in [-0.15, -0.1) is 0 Å². The second kappa shape index (κ2) is 4.95. The lowest BCUT2D eigenvalue weighted by molar-refractivity contribution is 0.0246. The molecule has 70 valence electrons. The van der Waals surface area contributed by atoms with Gasteiger partial charge in [0.1, 0.15) is 0 Å². The van der Waals surface area contributed by atoms with E-state index >= 15 is 0 Å². The molecule has 1 saturated heterocycles. The highest BCUT2D eigenvalue weighted by Crippen LogP contribution is 1.91. The number of guanidine groups is 1. The molecule has 5 nitrogen and oxygen atoms in total. The van der Waals surface area contributed by atoms with Crippen LogP contribution in [0.25, 0.3) is 0 Å². The second-order valence-electron chi connectivity index (χ2n) is 2.57. The topological polar surface area (TPSA) is 62.9 Å². The lowest BCUT2D eigenvalue weighted by atomic mass is 10.5. The van der Waals surface area contributed by atoms with Crippen molar-refractivity contribution in [1.82, 2.24) is 10.4 Å². The van der Waals surface area contributed by atoms with Crippen molar-refractivity contribution in [2.45, 2.75) is 6.92 Å². The van der Waals surface area contributed by atoms with E-state index in [0.29, 0.717) is 12.5 Å². The molecular weight excluding hydrogens is 156 g/mol. The molecule has 0 radical (unpaired) electrons. The van der Waals surface area contributed by atoms with Gasteiger partial charge in [-0.1, -0.05) is 0 Å². The van der Waals surface area contributed by atoms with Crippen molar-refractivity contribution >= 4 is 5.96 Å². The van der Waals surface area contributed by atoms with Crippen molar-refractivity contribution in [2.24, 2.45) is 10.7 Å². The molecule has 0 atom stereocenters. The third-order valence-corrected chi connectivity index (χ3v) is 1.61. The van der Waals surface area contributed by atoms with Gasteiger partial charge in [-0.2, -0.15) is 0 Å². The number of hydrogen-bond acceptors (Lipinski definition) is 3. The molecule has 0 aliphatic carbocycles.